The van der Waals surface area contributed by atoms with Crippen molar-refractivity contribution in [2.45, 2.75) is 202 Å². The molecule has 322 valence electrons. The van der Waals surface area contributed by atoms with Gasteiger partial charge in [0.1, 0.15) is 30.5 Å². The molecule has 0 fully saturated rings. The van der Waals surface area contributed by atoms with Crippen LogP contribution in [-0.4, -0.2) is 94.0 Å². The van der Waals surface area contributed by atoms with Gasteiger partial charge in [-0.15, -0.1) is 0 Å². The first kappa shape index (κ1) is 50.7. The maximum atomic E-state index is 13.6. The van der Waals surface area contributed by atoms with Gasteiger partial charge in [-0.1, -0.05) is 50.5 Å². The lowest BCUT2D eigenvalue weighted by atomic mass is 9.87. The summed E-state index contributed by atoms with van der Waals surface area (Å²) in [4.78, 5) is 61.5. The molecule has 1 aliphatic heterocycles. The minimum Gasteiger partial charge on any atom is -0.462 e. The summed E-state index contributed by atoms with van der Waals surface area (Å²) in [6.45, 7) is 16.1. The number of carbonyl (C=O) groups is 5. The highest BCUT2D eigenvalue weighted by molar-refractivity contribution is 5.73. The maximum Gasteiger partial charge on any atom is 0.311 e. The Bertz CT molecular complexity index is 1290. The second-order valence-corrected chi connectivity index (χ2v) is 16.0. The summed E-state index contributed by atoms with van der Waals surface area (Å²) in [5.41, 5.74) is 1.86. The van der Waals surface area contributed by atoms with Gasteiger partial charge in [0.05, 0.1) is 24.2 Å². The number of esters is 5. The molecule has 11 atom stereocenters. The molecule has 1 rings (SSSR count). The quantitative estimate of drug-likeness (QED) is 0.115. The van der Waals surface area contributed by atoms with Gasteiger partial charge < -0.3 is 39.0 Å². The van der Waals surface area contributed by atoms with Crippen molar-refractivity contribution in [1.29, 1.82) is 0 Å². The van der Waals surface area contributed by atoms with Gasteiger partial charge in [0.25, 0.3) is 0 Å². The fourth-order valence-corrected chi connectivity index (χ4v) is 7.24. The average Bonchev–Trinajstić information content (AvgIpc) is 3.08. The number of ether oxygens (including phenoxy) is 5. The molecule has 1 aliphatic rings. The molecule has 0 aromatic heterocycles. The van der Waals surface area contributed by atoms with E-state index in [4.69, 9.17) is 23.7 Å². The van der Waals surface area contributed by atoms with Crippen molar-refractivity contribution in [2.75, 3.05) is 0 Å². The van der Waals surface area contributed by atoms with Gasteiger partial charge in [-0.2, -0.15) is 0 Å². The Kier molecular flexibility index (Phi) is 24.1. The number of aliphatic hydroxyl groups is 3. The lowest BCUT2D eigenvalue weighted by molar-refractivity contribution is -0.164. The van der Waals surface area contributed by atoms with Crippen molar-refractivity contribution in [3.05, 3.63) is 23.3 Å². The van der Waals surface area contributed by atoms with Gasteiger partial charge in [-0.25, -0.2) is 0 Å². The first-order chi connectivity index (χ1) is 26.2. The second-order valence-electron chi connectivity index (χ2n) is 16.0. The first-order valence-corrected chi connectivity index (χ1v) is 20.5. The van der Waals surface area contributed by atoms with Crippen molar-refractivity contribution < 1.29 is 63.0 Å². The van der Waals surface area contributed by atoms with Crippen LogP contribution >= 0.6 is 0 Å². The third-order valence-electron chi connectivity index (χ3n) is 10.4. The number of hydrogen-bond acceptors (Lipinski definition) is 13. The second kappa shape index (κ2) is 26.6. The van der Waals surface area contributed by atoms with E-state index in [1.165, 1.54) is 27.7 Å². The van der Waals surface area contributed by atoms with E-state index < -0.39 is 84.4 Å². The standard InChI is InChI=1S/C43H72O13/c1-11-14-36(52-31(7)44)21-27(3)22-40(49)29(5)41-23-35(48)16-13-12-15-26(2)17-19-37(53-32(8)45)24-39(55-34(10)47)25-38(54-33(9)46)20-18-28(4)42(50)30(6)43(51)56-41/h15,22,28-30,35-42,48-50H,11-14,16-21,23-25H2,1-10H3/b26-15+,27-22+/t28-,29-,30+,35-,36-,37+,38+,39+,40-,41+,42+/m1/s1. The van der Waals surface area contributed by atoms with Crippen LogP contribution in [0.2, 0.25) is 0 Å². The zero-order valence-corrected chi connectivity index (χ0v) is 35.6. The van der Waals surface area contributed by atoms with E-state index in [2.05, 4.69) is 6.08 Å². The first-order valence-electron chi connectivity index (χ1n) is 20.5. The molecule has 0 amide bonds. The molecule has 13 heteroatoms. The lowest BCUT2D eigenvalue weighted by Crippen LogP contribution is -2.40. The van der Waals surface area contributed by atoms with Gasteiger partial charge >= 0.3 is 29.8 Å². The van der Waals surface area contributed by atoms with E-state index in [0.29, 0.717) is 51.4 Å². The third kappa shape index (κ3) is 21.3. The molecule has 0 bridgehead atoms. The van der Waals surface area contributed by atoms with Crippen molar-refractivity contribution >= 4 is 29.8 Å². The summed E-state index contributed by atoms with van der Waals surface area (Å²) in [5.74, 6) is -4.62. The number of aliphatic hydroxyl groups excluding tert-OH is 3. The Morgan fingerprint density at radius 3 is 1.98 bits per heavy atom. The zero-order valence-electron chi connectivity index (χ0n) is 35.6. The Morgan fingerprint density at radius 1 is 0.857 bits per heavy atom. The Balaban J connectivity index is 3.43. The summed E-state index contributed by atoms with van der Waals surface area (Å²) in [6.07, 6.45) is 3.27. The van der Waals surface area contributed by atoms with Crippen LogP contribution in [0.4, 0.5) is 0 Å². The Labute approximate surface area is 334 Å². The van der Waals surface area contributed by atoms with Crippen LogP contribution in [-0.2, 0) is 47.7 Å². The van der Waals surface area contributed by atoms with Crippen LogP contribution in [0.3, 0.4) is 0 Å². The molecular weight excluding hydrogens is 724 g/mol. The summed E-state index contributed by atoms with van der Waals surface area (Å²) in [6, 6.07) is 0. The highest BCUT2D eigenvalue weighted by Crippen LogP contribution is 2.28. The molecular formula is C43H72O13. The number of cyclic esters (lactones) is 1. The molecule has 0 aliphatic carbocycles. The van der Waals surface area contributed by atoms with Crippen LogP contribution in [0.5, 0.6) is 0 Å². The van der Waals surface area contributed by atoms with Crippen molar-refractivity contribution in [3.8, 4) is 0 Å². The van der Waals surface area contributed by atoms with E-state index in [0.717, 1.165) is 17.6 Å². The molecule has 0 aromatic carbocycles. The number of carbonyl (C=O) groups excluding carboxylic acids is 5. The molecule has 56 heavy (non-hydrogen) atoms. The van der Waals surface area contributed by atoms with E-state index in [9.17, 15) is 39.3 Å². The van der Waals surface area contributed by atoms with Gasteiger partial charge in [-0.05, 0) is 78.1 Å². The van der Waals surface area contributed by atoms with Crippen molar-refractivity contribution in [3.63, 3.8) is 0 Å². The lowest BCUT2D eigenvalue weighted by Gasteiger charge is -2.32. The van der Waals surface area contributed by atoms with Crippen LogP contribution in [0.15, 0.2) is 23.3 Å². The molecule has 0 aromatic rings. The van der Waals surface area contributed by atoms with Gasteiger partial charge in [0.2, 0.25) is 0 Å². The highest BCUT2D eigenvalue weighted by Gasteiger charge is 2.35. The SMILES string of the molecule is CCC[C@H](C/C(C)=C/[C@@H](O)[C@@H](C)[C@@H]1C[C@H](O)CCC/C=C(\C)CC[C@H](OC(C)=O)C[C@H](OC(C)=O)C[C@@H](OC(C)=O)CC[C@@H](C)[C@H](O)[C@H](C)C(=O)O1)OC(C)=O. The van der Waals surface area contributed by atoms with Crippen molar-refractivity contribution in [1.82, 2.24) is 0 Å². The zero-order chi connectivity index (χ0) is 42.5. The van der Waals surface area contributed by atoms with Gasteiger partial charge in [0, 0.05) is 59.3 Å². The maximum absolute atomic E-state index is 13.6. The largest absolute Gasteiger partial charge is 0.462 e. The number of rotatable bonds is 11. The monoisotopic (exact) mass is 796 g/mol. The predicted octanol–water partition coefficient (Wildman–Crippen LogP) is 6.61. The molecule has 0 saturated heterocycles. The predicted molar refractivity (Wildman–Crippen MR) is 211 cm³/mol. The number of hydrogen-bond donors (Lipinski definition) is 3. The van der Waals surface area contributed by atoms with Crippen LogP contribution in [0.25, 0.3) is 0 Å². The Hall–Kier alpha value is -3.29. The summed E-state index contributed by atoms with van der Waals surface area (Å²) in [7, 11) is 0. The molecule has 0 spiro atoms. The number of allylic oxidation sites excluding steroid dienone is 2. The molecule has 0 unspecified atom stereocenters. The normalized spacial score (nSPS) is 29.7. The minimum absolute atomic E-state index is 0.0709. The Morgan fingerprint density at radius 2 is 1.43 bits per heavy atom. The third-order valence-corrected chi connectivity index (χ3v) is 10.4. The van der Waals surface area contributed by atoms with Crippen LogP contribution in [0.1, 0.15) is 153 Å². The molecule has 13 nitrogen and oxygen atoms in total. The molecule has 0 radical (unpaired) electrons. The summed E-state index contributed by atoms with van der Waals surface area (Å²) in [5, 5.41) is 33.8. The smallest absolute Gasteiger partial charge is 0.311 e. The topological polar surface area (TPSA) is 192 Å². The molecule has 0 saturated carbocycles. The van der Waals surface area contributed by atoms with E-state index in [-0.39, 0.29) is 37.8 Å². The fraction of sp³-hybridized carbons (Fsp3) is 0.791. The minimum atomic E-state index is -1.14. The van der Waals surface area contributed by atoms with Crippen LogP contribution < -0.4 is 0 Å². The summed E-state index contributed by atoms with van der Waals surface area (Å²) < 4.78 is 28.3. The highest BCUT2D eigenvalue weighted by atomic mass is 16.6. The average molecular weight is 797 g/mol. The van der Waals surface area contributed by atoms with Gasteiger partial charge in [-0.3, -0.25) is 24.0 Å². The van der Waals surface area contributed by atoms with E-state index >= 15 is 0 Å². The van der Waals surface area contributed by atoms with Crippen molar-refractivity contribution in [2.24, 2.45) is 17.8 Å². The van der Waals surface area contributed by atoms with Gasteiger partial charge in [0.15, 0.2) is 0 Å². The van der Waals surface area contributed by atoms with E-state index in [1.807, 2.05) is 20.8 Å². The van der Waals surface area contributed by atoms with Crippen LogP contribution in [0, 0.1) is 17.8 Å². The molecule has 1 heterocycles. The van der Waals surface area contributed by atoms with E-state index in [1.54, 1.807) is 26.8 Å². The summed E-state index contributed by atoms with van der Waals surface area (Å²) >= 11 is 0. The molecule has 3 N–H and O–H groups in total. The fourth-order valence-electron chi connectivity index (χ4n) is 7.24.